The molecule has 2 heterocycles. The number of aromatic nitrogens is 2. The molecule has 0 saturated carbocycles. The second-order valence-electron chi connectivity index (χ2n) is 5.72. The number of rotatable bonds is 4. The first-order valence-corrected chi connectivity index (χ1v) is 8.91. The maximum atomic E-state index is 11.3. The quantitative estimate of drug-likeness (QED) is 0.707. The maximum absolute atomic E-state index is 11.3. The molecule has 3 aromatic rings. The van der Waals surface area contributed by atoms with E-state index in [-0.39, 0.29) is 16.3 Å². The van der Waals surface area contributed by atoms with Crippen molar-refractivity contribution < 1.29 is 14.6 Å². The lowest BCUT2D eigenvalue weighted by Gasteiger charge is -2.13. The van der Waals surface area contributed by atoms with E-state index in [9.17, 15) is 9.90 Å². The lowest BCUT2D eigenvalue weighted by atomic mass is 10.1. The first-order chi connectivity index (χ1) is 12.1. The summed E-state index contributed by atoms with van der Waals surface area (Å²) in [5.74, 6) is -0.179. The summed E-state index contributed by atoms with van der Waals surface area (Å²) in [5.41, 5.74) is 1.86. The normalized spacial score (nSPS) is 13.0. The molecule has 8 heteroatoms. The average molecular weight is 376 g/mol. The average Bonchev–Trinajstić information content (AvgIpc) is 3.17. The summed E-state index contributed by atoms with van der Waals surface area (Å²) in [6, 6.07) is 2.95. The highest BCUT2D eigenvalue weighted by molar-refractivity contribution is 7.19. The maximum Gasteiger partial charge on any atom is 0.339 e. The molecule has 0 atom stereocenters. The molecule has 0 aliphatic heterocycles. The van der Waals surface area contributed by atoms with Crippen LogP contribution in [-0.2, 0) is 12.8 Å². The topological polar surface area (TPSA) is 84.3 Å². The third-order valence-corrected chi connectivity index (χ3v) is 5.79. The molecule has 0 unspecified atom stereocenters. The Kier molecular flexibility index (Phi) is 3.97. The smallest absolute Gasteiger partial charge is 0.339 e. The minimum Gasteiger partial charge on any atom is -0.496 e. The molecule has 0 radical (unpaired) electrons. The van der Waals surface area contributed by atoms with Gasteiger partial charge >= 0.3 is 5.97 Å². The number of nitrogens with one attached hydrogen (secondary N) is 1. The number of ether oxygens (including phenoxy) is 1. The molecule has 25 heavy (non-hydrogen) atoms. The lowest BCUT2D eigenvalue weighted by Crippen LogP contribution is -2.03. The number of aromatic carboxylic acids is 1. The minimum atomic E-state index is -1.09. The molecular formula is C17H14ClN3O3S. The summed E-state index contributed by atoms with van der Waals surface area (Å²) in [5, 5.41) is 13.8. The van der Waals surface area contributed by atoms with Crippen LogP contribution in [0, 0.1) is 0 Å². The zero-order valence-corrected chi connectivity index (χ0v) is 14.9. The highest BCUT2D eigenvalue weighted by atomic mass is 35.5. The van der Waals surface area contributed by atoms with Gasteiger partial charge in [0.15, 0.2) is 0 Å². The molecule has 1 aliphatic rings. The van der Waals surface area contributed by atoms with Crippen molar-refractivity contribution in [1.29, 1.82) is 0 Å². The molecule has 128 valence electrons. The van der Waals surface area contributed by atoms with Crippen molar-refractivity contribution in [1.82, 2.24) is 9.97 Å². The van der Waals surface area contributed by atoms with Gasteiger partial charge in [-0.3, -0.25) is 0 Å². The molecule has 1 aliphatic carbocycles. The van der Waals surface area contributed by atoms with Gasteiger partial charge in [0, 0.05) is 10.9 Å². The van der Waals surface area contributed by atoms with E-state index in [0.717, 1.165) is 29.5 Å². The summed E-state index contributed by atoms with van der Waals surface area (Å²) in [4.78, 5) is 22.4. The van der Waals surface area contributed by atoms with Crippen LogP contribution in [0.4, 0.5) is 11.5 Å². The van der Waals surface area contributed by atoms with Crippen LogP contribution in [-0.4, -0.2) is 28.2 Å². The van der Waals surface area contributed by atoms with Crippen LogP contribution in [0.15, 0.2) is 18.5 Å². The van der Waals surface area contributed by atoms with E-state index in [2.05, 4.69) is 15.3 Å². The summed E-state index contributed by atoms with van der Waals surface area (Å²) >= 11 is 7.98. The van der Waals surface area contributed by atoms with E-state index in [0.29, 0.717) is 11.5 Å². The summed E-state index contributed by atoms with van der Waals surface area (Å²) in [7, 11) is 1.42. The number of carbonyl (C=O) groups is 1. The molecule has 0 saturated heterocycles. The second kappa shape index (κ2) is 6.16. The summed E-state index contributed by atoms with van der Waals surface area (Å²) in [6.07, 6.45) is 4.77. The number of fused-ring (bicyclic) bond motifs is 3. The van der Waals surface area contributed by atoms with E-state index in [1.54, 1.807) is 17.4 Å². The van der Waals surface area contributed by atoms with Crippen LogP contribution >= 0.6 is 22.9 Å². The van der Waals surface area contributed by atoms with Crippen molar-refractivity contribution in [3.05, 3.63) is 39.5 Å². The van der Waals surface area contributed by atoms with Gasteiger partial charge < -0.3 is 15.2 Å². The van der Waals surface area contributed by atoms with Gasteiger partial charge in [0.25, 0.3) is 0 Å². The largest absolute Gasteiger partial charge is 0.496 e. The third-order valence-electron chi connectivity index (χ3n) is 4.27. The number of anilines is 2. The molecule has 4 rings (SSSR count). The molecule has 2 aromatic heterocycles. The van der Waals surface area contributed by atoms with Gasteiger partial charge in [0.05, 0.1) is 23.2 Å². The van der Waals surface area contributed by atoms with Crippen molar-refractivity contribution in [3.8, 4) is 5.75 Å². The fourth-order valence-corrected chi connectivity index (χ4v) is 4.58. The highest BCUT2D eigenvalue weighted by Crippen LogP contribution is 2.41. The predicted molar refractivity (Wildman–Crippen MR) is 97.7 cm³/mol. The Morgan fingerprint density at radius 2 is 2.20 bits per heavy atom. The zero-order chi connectivity index (χ0) is 17.6. The molecule has 6 nitrogen and oxygen atoms in total. The predicted octanol–water partition coefficient (Wildman–Crippen LogP) is 4.28. The molecule has 0 spiro atoms. The van der Waals surface area contributed by atoms with Gasteiger partial charge in [-0.15, -0.1) is 11.3 Å². The molecule has 0 bridgehead atoms. The summed E-state index contributed by atoms with van der Waals surface area (Å²) < 4.78 is 5.18. The Bertz CT molecular complexity index is 1000. The van der Waals surface area contributed by atoms with Crippen molar-refractivity contribution in [2.24, 2.45) is 0 Å². The molecule has 0 amide bonds. The number of thiophene rings is 1. The fraction of sp³-hybridized carbons (Fsp3) is 0.235. The van der Waals surface area contributed by atoms with Gasteiger partial charge in [-0.1, -0.05) is 11.6 Å². The van der Waals surface area contributed by atoms with Crippen LogP contribution in [0.25, 0.3) is 10.2 Å². The van der Waals surface area contributed by atoms with Crippen molar-refractivity contribution >= 4 is 50.6 Å². The second-order valence-corrected chi connectivity index (χ2v) is 7.21. The van der Waals surface area contributed by atoms with Crippen molar-refractivity contribution in [2.75, 3.05) is 12.4 Å². The molecule has 2 N–H and O–H groups in total. The SMILES string of the molecule is COc1cc(Nc2ncnc3sc4c(c23)CCC4)c(Cl)cc1C(=O)O. The van der Waals surface area contributed by atoms with Crippen LogP contribution in [0.3, 0.4) is 0 Å². The Morgan fingerprint density at radius 3 is 2.96 bits per heavy atom. The van der Waals surface area contributed by atoms with Crippen molar-refractivity contribution in [2.45, 2.75) is 19.3 Å². The Balaban J connectivity index is 1.81. The van der Waals surface area contributed by atoms with Gasteiger partial charge in [-0.25, -0.2) is 14.8 Å². The third kappa shape index (κ3) is 2.69. The van der Waals surface area contributed by atoms with E-state index in [1.165, 1.54) is 29.9 Å². The Labute approximate surface area is 152 Å². The van der Waals surface area contributed by atoms with Gasteiger partial charge in [0.2, 0.25) is 0 Å². The Hall–Kier alpha value is -2.38. The van der Waals surface area contributed by atoms with Crippen molar-refractivity contribution in [3.63, 3.8) is 0 Å². The molecule has 1 aromatic carbocycles. The van der Waals surface area contributed by atoms with Crippen LogP contribution in [0.2, 0.25) is 5.02 Å². The molecular weight excluding hydrogens is 362 g/mol. The first-order valence-electron chi connectivity index (χ1n) is 7.71. The van der Waals surface area contributed by atoms with E-state index >= 15 is 0 Å². The van der Waals surface area contributed by atoms with E-state index in [1.807, 2.05) is 0 Å². The van der Waals surface area contributed by atoms with Crippen LogP contribution in [0.1, 0.15) is 27.2 Å². The zero-order valence-electron chi connectivity index (χ0n) is 13.3. The number of carboxylic acid groups (broad SMARTS) is 1. The highest BCUT2D eigenvalue weighted by Gasteiger charge is 2.22. The van der Waals surface area contributed by atoms with Gasteiger partial charge in [0.1, 0.15) is 28.3 Å². The van der Waals surface area contributed by atoms with Gasteiger partial charge in [-0.2, -0.15) is 0 Å². The fourth-order valence-electron chi connectivity index (χ4n) is 3.14. The monoisotopic (exact) mass is 375 g/mol. The Morgan fingerprint density at radius 1 is 1.36 bits per heavy atom. The van der Waals surface area contributed by atoms with Crippen LogP contribution < -0.4 is 10.1 Å². The first kappa shape index (κ1) is 16.1. The number of halogens is 1. The number of hydrogen-bond donors (Lipinski definition) is 2. The number of methoxy groups -OCH3 is 1. The lowest BCUT2D eigenvalue weighted by molar-refractivity contribution is 0.0693. The van der Waals surface area contributed by atoms with Crippen LogP contribution in [0.5, 0.6) is 5.75 Å². The number of benzene rings is 1. The number of hydrogen-bond acceptors (Lipinski definition) is 6. The summed E-state index contributed by atoms with van der Waals surface area (Å²) in [6.45, 7) is 0. The van der Waals surface area contributed by atoms with E-state index < -0.39 is 5.97 Å². The van der Waals surface area contributed by atoms with Gasteiger partial charge in [-0.05, 0) is 30.9 Å². The minimum absolute atomic E-state index is 0.0160. The number of nitrogens with zero attached hydrogens (tertiary/aromatic N) is 2. The van der Waals surface area contributed by atoms with E-state index in [4.69, 9.17) is 16.3 Å². The molecule has 0 fully saturated rings. The number of carboxylic acids is 1. The standard InChI is InChI=1S/C17H14ClN3O3S/c1-24-12-6-11(10(18)5-9(12)17(22)23)21-15-14-8-3-2-4-13(8)25-16(14)20-7-19-15/h5-7H,2-4H2,1H3,(H,22,23)(H,19,20,21). The number of aryl methyl sites for hydroxylation is 2.